The second-order valence-electron chi connectivity index (χ2n) is 2.81. The molecule has 0 aliphatic heterocycles. The molecule has 0 nitrogen and oxygen atoms in total. The number of halogens is 1. The monoisotopic (exact) mass is 158 g/mol. The topological polar surface area (TPSA) is 0 Å². The lowest BCUT2D eigenvalue weighted by Crippen LogP contribution is -1.79. The average molecular weight is 158 g/mol. The molecule has 0 saturated heterocycles. The third kappa shape index (κ3) is 9.67. The Morgan fingerprint density at radius 2 is 1.64 bits per heavy atom. The van der Waals surface area contributed by atoms with E-state index in [0.29, 0.717) is 0 Å². The molecule has 0 spiro atoms. The summed E-state index contributed by atoms with van der Waals surface area (Å²) in [6.45, 7) is 1.90. The van der Waals surface area contributed by atoms with Gasteiger partial charge in [0.25, 0.3) is 0 Å². The van der Waals surface area contributed by atoms with Crippen molar-refractivity contribution in [2.45, 2.75) is 45.4 Å². The van der Waals surface area contributed by atoms with Gasteiger partial charge in [-0.2, -0.15) is 0 Å². The summed E-state index contributed by atoms with van der Waals surface area (Å²) in [5.74, 6) is 0. The van der Waals surface area contributed by atoms with Crippen LogP contribution in [0.15, 0.2) is 12.2 Å². The van der Waals surface area contributed by atoms with Gasteiger partial charge in [0.15, 0.2) is 0 Å². The van der Waals surface area contributed by atoms with Gasteiger partial charge in [-0.05, 0) is 26.2 Å². The molecule has 0 saturated carbocycles. The Morgan fingerprint density at radius 1 is 1.00 bits per heavy atom. The van der Waals surface area contributed by atoms with Crippen LogP contribution in [0.4, 0.5) is 4.39 Å². The zero-order valence-electron chi connectivity index (χ0n) is 7.48. The fraction of sp³-hybridized carbons (Fsp3) is 0.800. The molecule has 11 heavy (non-hydrogen) atoms. The Hall–Kier alpha value is -0.330. The van der Waals surface area contributed by atoms with Crippen LogP contribution >= 0.6 is 0 Å². The van der Waals surface area contributed by atoms with Crippen LogP contribution in [-0.4, -0.2) is 6.67 Å². The van der Waals surface area contributed by atoms with Crippen LogP contribution in [0, 0.1) is 0 Å². The summed E-state index contributed by atoms with van der Waals surface area (Å²) in [7, 11) is 0. The van der Waals surface area contributed by atoms with Gasteiger partial charge < -0.3 is 0 Å². The highest BCUT2D eigenvalue weighted by atomic mass is 19.1. The van der Waals surface area contributed by atoms with Crippen molar-refractivity contribution in [3.8, 4) is 0 Å². The number of hydrogen-bond acceptors (Lipinski definition) is 0. The Labute approximate surface area is 69.5 Å². The summed E-state index contributed by atoms with van der Waals surface area (Å²) >= 11 is 0. The molecule has 0 rings (SSSR count). The molecule has 1 heteroatoms. The maximum Gasteiger partial charge on any atom is 0.0894 e. The molecule has 0 radical (unpaired) electrons. The molecule has 0 heterocycles. The highest BCUT2D eigenvalue weighted by Crippen LogP contribution is 2.05. The van der Waals surface area contributed by atoms with Crippen LogP contribution in [0.5, 0.6) is 0 Å². The lowest BCUT2D eigenvalue weighted by Gasteiger charge is -1.96. The van der Waals surface area contributed by atoms with Crippen molar-refractivity contribution in [1.82, 2.24) is 0 Å². The lowest BCUT2D eigenvalue weighted by molar-refractivity contribution is 0.451. The molecule has 0 aromatic heterocycles. The molecular weight excluding hydrogens is 139 g/mol. The fourth-order valence-electron chi connectivity index (χ4n) is 1.05. The Morgan fingerprint density at radius 3 is 2.27 bits per heavy atom. The van der Waals surface area contributed by atoms with Crippen LogP contribution in [0.2, 0.25) is 0 Å². The first-order valence-electron chi connectivity index (χ1n) is 4.59. The van der Waals surface area contributed by atoms with Crippen molar-refractivity contribution in [1.29, 1.82) is 0 Å². The van der Waals surface area contributed by atoms with Gasteiger partial charge in [0.05, 0.1) is 6.67 Å². The number of unbranched alkanes of at least 4 members (excludes halogenated alkanes) is 5. The number of alkyl halides is 1. The Kier molecular flexibility index (Phi) is 9.38. The first-order chi connectivity index (χ1) is 5.41. The summed E-state index contributed by atoms with van der Waals surface area (Å²) < 4.78 is 11.6. The van der Waals surface area contributed by atoms with Gasteiger partial charge in [0.2, 0.25) is 0 Å². The van der Waals surface area contributed by atoms with Crippen molar-refractivity contribution >= 4 is 0 Å². The highest BCUT2D eigenvalue weighted by Gasteiger charge is 1.88. The van der Waals surface area contributed by atoms with E-state index in [1.165, 1.54) is 25.7 Å². The van der Waals surface area contributed by atoms with E-state index in [-0.39, 0.29) is 6.67 Å². The summed E-state index contributed by atoms with van der Waals surface area (Å²) in [6, 6.07) is 0. The first kappa shape index (κ1) is 10.7. The molecule has 0 atom stereocenters. The molecule has 0 aromatic rings. The van der Waals surface area contributed by atoms with E-state index < -0.39 is 0 Å². The van der Waals surface area contributed by atoms with Gasteiger partial charge in [0.1, 0.15) is 0 Å². The first-order valence-corrected chi connectivity index (χ1v) is 4.59. The molecule has 0 aliphatic carbocycles. The van der Waals surface area contributed by atoms with Gasteiger partial charge >= 0.3 is 0 Å². The van der Waals surface area contributed by atoms with Gasteiger partial charge in [-0.1, -0.05) is 31.4 Å². The zero-order chi connectivity index (χ0) is 8.36. The van der Waals surface area contributed by atoms with E-state index in [9.17, 15) is 4.39 Å². The van der Waals surface area contributed by atoms with E-state index in [4.69, 9.17) is 0 Å². The van der Waals surface area contributed by atoms with Crippen LogP contribution in [0.25, 0.3) is 0 Å². The van der Waals surface area contributed by atoms with Crippen molar-refractivity contribution in [3.63, 3.8) is 0 Å². The highest BCUT2D eigenvalue weighted by molar-refractivity contribution is 4.76. The minimum Gasteiger partial charge on any atom is -0.251 e. The standard InChI is InChI=1S/C10H19F/c1-2-3-4-5-6-7-8-9-10-11/h2-3H,4-10H2,1H3/b3-2+. The lowest BCUT2D eigenvalue weighted by atomic mass is 10.1. The van der Waals surface area contributed by atoms with Gasteiger partial charge in [-0.25, -0.2) is 0 Å². The predicted octanol–water partition coefficient (Wildman–Crippen LogP) is 3.87. The fourth-order valence-corrected chi connectivity index (χ4v) is 1.05. The molecule has 0 N–H and O–H groups in total. The zero-order valence-corrected chi connectivity index (χ0v) is 7.48. The van der Waals surface area contributed by atoms with Gasteiger partial charge in [-0.3, -0.25) is 4.39 Å². The second kappa shape index (κ2) is 9.67. The Balaban J connectivity index is 2.79. The van der Waals surface area contributed by atoms with Crippen LogP contribution in [-0.2, 0) is 0 Å². The number of hydrogen-bond donors (Lipinski definition) is 0. The molecular formula is C10H19F. The average Bonchev–Trinajstić information content (AvgIpc) is 2.03. The van der Waals surface area contributed by atoms with Crippen LogP contribution in [0.3, 0.4) is 0 Å². The molecule has 0 bridgehead atoms. The van der Waals surface area contributed by atoms with Crippen molar-refractivity contribution in [3.05, 3.63) is 12.2 Å². The number of allylic oxidation sites excluding steroid dienone is 2. The molecule has 0 amide bonds. The molecule has 0 aliphatic rings. The number of rotatable bonds is 7. The SMILES string of the molecule is C/C=C/CCCCCCCF. The summed E-state index contributed by atoms with van der Waals surface area (Å²) in [5.41, 5.74) is 0. The van der Waals surface area contributed by atoms with Gasteiger partial charge in [-0.15, -0.1) is 0 Å². The largest absolute Gasteiger partial charge is 0.251 e. The van der Waals surface area contributed by atoms with Gasteiger partial charge in [0, 0.05) is 0 Å². The smallest absolute Gasteiger partial charge is 0.0894 e. The molecule has 66 valence electrons. The summed E-state index contributed by atoms with van der Waals surface area (Å²) in [4.78, 5) is 0. The minimum absolute atomic E-state index is 0.144. The van der Waals surface area contributed by atoms with E-state index in [1.54, 1.807) is 0 Å². The van der Waals surface area contributed by atoms with E-state index in [1.807, 2.05) is 6.92 Å². The quantitative estimate of drug-likeness (QED) is 0.389. The summed E-state index contributed by atoms with van der Waals surface area (Å²) in [6.07, 6.45) is 11.0. The van der Waals surface area contributed by atoms with Crippen LogP contribution in [0.1, 0.15) is 45.4 Å². The Bertz CT molecular complexity index is 86.9. The predicted molar refractivity (Wildman–Crippen MR) is 48.5 cm³/mol. The maximum atomic E-state index is 11.6. The molecule has 0 aromatic carbocycles. The normalized spacial score (nSPS) is 11.1. The summed E-state index contributed by atoms with van der Waals surface area (Å²) in [5, 5.41) is 0. The molecule has 0 fully saturated rings. The van der Waals surface area contributed by atoms with E-state index in [0.717, 1.165) is 12.8 Å². The molecule has 0 unspecified atom stereocenters. The third-order valence-corrected chi connectivity index (χ3v) is 1.74. The van der Waals surface area contributed by atoms with E-state index in [2.05, 4.69) is 12.2 Å². The van der Waals surface area contributed by atoms with Crippen LogP contribution < -0.4 is 0 Å². The maximum absolute atomic E-state index is 11.6. The third-order valence-electron chi connectivity index (χ3n) is 1.74. The van der Waals surface area contributed by atoms with Crippen molar-refractivity contribution in [2.24, 2.45) is 0 Å². The minimum atomic E-state index is -0.144. The van der Waals surface area contributed by atoms with Crippen molar-refractivity contribution < 1.29 is 4.39 Å². The second-order valence-corrected chi connectivity index (χ2v) is 2.81. The van der Waals surface area contributed by atoms with E-state index >= 15 is 0 Å². The van der Waals surface area contributed by atoms with Crippen molar-refractivity contribution in [2.75, 3.05) is 6.67 Å².